The number of hydrazine groups is 1. The van der Waals surface area contributed by atoms with Crippen molar-refractivity contribution in [2.24, 2.45) is 5.84 Å². The van der Waals surface area contributed by atoms with Crippen molar-refractivity contribution in [2.45, 2.75) is 20.5 Å². The van der Waals surface area contributed by atoms with Crippen LogP contribution >= 0.6 is 0 Å². The molecule has 0 aliphatic carbocycles. The molecule has 94 valence electrons. The van der Waals surface area contributed by atoms with E-state index in [9.17, 15) is 0 Å². The number of nitrogens with one attached hydrogen (secondary N) is 1. The van der Waals surface area contributed by atoms with Gasteiger partial charge in [0.1, 0.15) is 18.2 Å². The SMILES string of the molecule is Cc1ccc(OCc2cccc(NN)n2)cc1C. The smallest absolute Gasteiger partial charge is 0.140 e. The number of ether oxygens (including phenoxy) is 1. The van der Waals surface area contributed by atoms with Gasteiger partial charge in [0.05, 0.1) is 5.69 Å². The monoisotopic (exact) mass is 243 g/mol. The average molecular weight is 243 g/mol. The highest BCUT2D eigenvalue weighted by Crippen LogP contribution is 2.17. The summed E-state index contributed by atoms with van der Waals surface area (Å²) in [7, 11) is 0. The summed E-state index contributed by atoms with van der Waals surface area (Å²) in [6.07, 6.45) is 0. The average Bonchev–Trinajstić information content (AvgIpc) is 2.40. The molecule has 0 saturated heterocycles. The molecule has 0 radical (unpaired) electrons. The minimum absolute atomic E-state index is 0.429. The van der Waals surface area contributed by atoms with Gasteiger partial charge in [-0.25, -0.2) is 10.8 Å². The molecule has 0 aliphatic heterocycles. The summed E-state index contributed by atoms with van der Waals surface area (Å²) in [5.74, 6) is 6.80. The third kappa shape index (κ3) is 2.99. The lowest BCUT2D eigenvalue weighted by atomic mass is 10.1. The predicted octanol–water partition coefficient (Wildman–Crippen LogP) is 2.56. The minimum Gasteiger partial charge on any atom is -0.487 e. The minimum atomic E-state index is 0.429. The largest absolute Gasteiger partial charge is 0.487 e. The maximum atomic E-state index is 5.70. The summed E-state index contributed by atoms with van der Waals surface area (Å²) >= 11 is 0. The van der Waals surface area contributed by atoms with Gasteiger partial charge in [0.15, 0.2) is 0 Å². The number of nitrogens with zero attached hydrogens (tertiary/aromatic N) is 1. The molecule has 0 amide bonds. The fourth-order valence-corrected chi connectivity index (χ4v) is 1.60. The van der Waals surface area contributed by atoms with Gasteiger partial charge in [-0.3, -0.25) is 0 Å². The number of hydrogen-bond donors (Lipinski definition) is 2. The summed E-state index contributed by atoms with van der Waals surface area (Å²) in [6, 6.07) is 11.6. The van der Waals surface area contributed by atoms with E-state index < -0.39 is 0 Å². The first kappa shape index (κ1) is 12.4. The van der Waals surface area contributed by atoms with E-state index in [1.54, 1.807) is 6.07 Å². The zero-order valence-corrected chi connectivity index (χ0v) is 10.6. The number of benzene rings is 1. The van der Waals surface area contributed by atoms with Crippen LogP contribution in [0.1, 0.15) is 16.8 Å². The third-order valence-electron chi connectivity index (χ3n) is 2.82. The van der Waals surface area contributed by atoms with Crippen LogP contribution in [0.15, 0.2) is 36.4 Å². The first-order chi connectivity index (χ1) is 8.69. The van der Waals surface area contributed by atoms with Gasteiger partial charge < -0.3 is 10.2 Å². The molecule has 0 unspecified atom stereocenters. The van der Waals surface area contributed by atoms with Gasteiger partial charge in [0.25, 0.3) is 0 Å². The molecule has 2 aromatic rings. The maximum Gasteiger partial charge on any atom is 0.140 e. The Morgan fingerprint density at radius 2 is 2.00 bits per heavy atom. The van der Waals surface area contributed by atoms with Crippen LogP contribution in [0, 0.1) is 13.8 Å². The number of anilines is 1. The molecule has 0 bridgehead atoms. The first-order valence-electron chi connectivity index (χ1n) is 5.81. The topological polar surface area (TPSA) is 60.2 Å². The molecule has 0 aliphatic rings. The first-order valence-corrected chi connectivity index (χ1v) is 5.81. The van der Waals surface area contributed by atoms with Gasteiger partial charge in [0, 0.05) is 0 Å². The Labute approximate surface area is 107 Å². The summed E-state index contributed by atoms with van der Waals surface area (Å²) in [5.41, 5.74) is 5.83. The lowest BCUT2D eigenvalue weighted by Crippen LogP contribution is -2.09. The summed E-state index contributed by atoms with van der Waals surface area (Å²) in [4.78, 5) is 4.29. The molecule has 4 nitrogen and oxygen atoms in total. The zero-order valence-electron chi connectivity index (χ0n) is 10.6. The van der Waals surface area contributed by atoms with Crippen molar-refractivity contribution in [3.05, 3.63) is 53.2 Å². The van der Waals surface area contributed by atoms with Crippen molar-refractivity contribution >= 4 is 5.82 Å². The van der Waals surface area contributed by atoms with Gasteiger partial charge in [-0.15, -0.1) is 0 Å². The van der Waals surface area contributed by atoms with E-state index in [4.69, 9.17) is 10.6 Å². The number of nitrogen functional groups attached to an aromatic ring is 1. The predicted molar refractivity (Wildman–Crippen MR) is 72.3 cm³/mol. The van der Waals surface area contributed by atoms with Gasteiger partial charge in [-0.2, -0.15) is 0 Å². The fraction of sp³-hybridized carbons (Fsp3) is 0.214. The van der Waals surface area contributed by atoms with E-state index >= 15 is 0 Å². The highest BCUT2D eigenvalue weighted by atomic mass is 16.5. The number of pyridine rings is 1. The molecule has 18 heavy (non-hydrogen) atoms. The van der Waals surface area contributed by atoms with Gasteiger partial charge in [0.2, 0.25) is 0 Å². The second-order valence-corrected chi connectivity index (χ2v) is 4.19. The van der Waals surface area contributed by atoms with Crippen LogP contribution in [0.3, 0.4) is 0 Å². The zero-order chi connectivity index (χ0) is 13.0. The van der Waals surface area contributed by atoms with Crippen LogP contribution < -0.4 is 16.0 Å². The standard InChI is InChI=1S/C14H17N3O/c1-10-6-7-13(8-11(10)2)18-9-12-4-3-5-14(16-12)17-15/h3-8H,9,15H2,1-2H3,(H,16,17). The van der Waals surface area contributed by atoms with Crippen molar-refractivity contribution in [1.29, 1.82) is 0 Å². The highest BCUT2D eigenvalue weighted by Gasteiger charge is 2.00. The Bertz CT molecular complexity index is 540. The normalized spacial score (nSPS) is 10.2. The van der Waals surface area contributed by atoms with Crippen LogP contribution in [0.5, 0.6) is 5.75 Å². The lowest BCUT2D eigenvalue weighted by molar-refractivity contribution is 0.301. The second-order valence-electron chi connectivity index (χ2n) is 4.19. The number of nitrogens with two attached hydrogens (primary N) is 1. The Morgan fingerprint density at radius 1 is 1.17 bits per heavy atom. The van der Waals surface area contributed by atoms with E-state index in [0.29, 0.717) is 12.4 Å². The molecule has 1 aromatic carbocycles. The van der Waals surface area contributed by atoms with E-state index in [0.717, 1.165) is 11.4 Å². The van der Waals surface area contributed by atoms with Gasteiger partial charge in [-0.1, -0.05) is 12.1 Å². The van der Waals surface area contributed by atoms with E-state index in [1.807, 2.05) is 24.3 Å². The molecule has 1 aromatic heterocycles. The molecule has 2 rings (SSSR count). The maximum absolute atomic E-state index is 5.70. The Morgan fingerprint density at radius 3 is 2.72 bits per heavy atom. The van der Waals surface area contributed by atoms with Crippen molar-refractivity contribution < 1.29 is 4.74 Å². The second kappa shape index (κ2) is 5.51. The molecule has 0 spiro atoms. The fourth-order valence-electron chi connectivity index (χ4n) is 1.60. The van der Waals surface area contributed by atoms with Crippen molar-refractivity contribution in [3.63, 3.8) is 0 Å². The van der Waals surface area contributed by atoms with Gasteiger partial charge >= 0.3 is 0 Å². The number of hydrogen-bond acceptors (Lipinski definition) is 4. The third-order valence-corrected chi connectivity index (χ3v) is 2.82. The van der Waals surface area contributed by atoms with Crippen LogP contribution in [0.25, 0.3) is 0 Å². The van der Waals surface area contributed by atoms with Gasteiger partial charge in [-0.05, 0) is 49.2 Å². The Kier molecular flexibility index (Phi) is 3.79. The van der Waals surface area contributed by atoms with Crippen molar-refractivity contribution in [1.82, 2.24) is 4.98 Å². The molecule has 4 heteroatoms. The molecule has 3 N–H and O–H groups in total. The molecule has 0 atom stereocenters. The molecule has 0 fully saturated rings. The molecule has 1 heterocycles. The molecular weight excluding hydrogens is 226 g/mol. The van der Waals surface area contributed by atoms with Crippen LogP contribution in [0.4, 0.5) is 5.82 Å². The quantitative estimate of drug-likeness (QED) is 0.640. The van der Waals surface area contributed by atoms with Crippen LogP contribution in [0.2, 0.25) is 0 Å². The molecule has 0 saturated carbocycles. The summed E-state index contributed by atoms with van der Waals surface area (Å²) < 4.78 is 5.70. The number of aryl methyl sites for hydroxylation is 2. The van der Waals surface area contributed by atoms with Crippen LogP contribution in [-0.2, 0) is 6.61 Å². The molecular formula is C14H17N3O. The lowest BCUT2D eigenvalue weighted by Gasteiger charge is -2.08. The van der Waals surface area contributed by atoms with E-state index in [-0.39, 0.29) is 0 Å². The van der Waals surface area contributed by atoms with Crippen molar-refractivity contribution in [3.8, 4) is 5.75 Å². The highest BCUT2D eigenvalue weighted by molar-refractivity contribution is 5.35. The number of rotatable bonds is 4. The summed E-state index contributed by atoms with van der Waals surface area (Å²) in [5, 5.41) is 0. The van der Waals surface area contributed by atoms with E-state index in [1.165, 1.54) is 11.1 Å². The Hall–Kier alpha value is -2.07. The van der Waals surface area contributed by atoms with Crippen molar-refractivity contribution in [2.75, 3.05) is 5.43 Å². The van der Waals surface area contributed by atoms with E-state index in [2.05, 4.69) is 30.3 Å². The Balaban J connectivity index is 2.04. The summed E-state index contributed by atoms with van der Waals surface area (Å²) in [6.45, 7) is 4.58. The van der Waals surface area contributed by atoms with Crippen LogP contribution in [-0.4, -0.2) is 4.98 Å². The number of aromatic nitrogens is 1.